The first-order valence-electron chi connectivity index (χ1n) is 5.98. The lowest BCUT2D eigenvalue weighted by molar-refractivity contribution is -0.137. The second-order valence-electron chi connectivity index (χ2n) is 4.67. The standard InChI is InChI=1S/C13H17BrF3NO/c1-3-7(2)12(19)11(18)8-4-9(13(15,16)17)6-10(14)5-8/h4-7,11-12,19H,3,18H2,1-2H3/t7?,11-,12+/m1/s1. The van der Waals surface area contributed by atoms with Gasteiger partial charge in [-0.2, -0.15) is 13.2 Å². The summed E-state index contributed by atoms with van der Waals surface area (Å²) in [6.45, 7) is 3.70. The number of nitrogens with two attached hydrogens (primary N) is 1. The van der Waals surface area contributed by atoms with E-state index in [4.69, 9.17) is 5.73 Å². The number of aliphatic hydroxyl groups excluding tert-OH is 1. The van der Waals surface area contributed by atoms with E-state index < -0.39 is 23.9 Å². The first-order valence-corrected chi connectivity index (χ1v) is 6.77. The Morgan fingerprint density at radius 3 is 2.37 bits per heavy atom. The number of rotatable bonds is 4. The van der Waals surface area contributed by atoms with Gasteiger partial charge in [0.1, 0.15) is 0 Å². The molecule has 0 aliphatic carbocycles. The van der Waals surface area contributed by atoms with E-state index in [9.17, 15) is 18.3 Å². The van der Waals surface area contributed by atoms with Gasteiger partial charge in [0.15, 0.2) is 0 Å². The Bertz CT molecular complexity index is 436. The van der Waals surface area contributed by atoms with Gasteiger partial charge in [0.05, 0.1) is 17.7 Å². The maximum absolute atomic E-state index is 12.7. The van der Waals surface area contributed by atoms with Crippen molar-refractivity contribution in [1.82, 2.24) is 0 Å². The fourth-order valence-corrected chi connectivity index (χ4v) is 2.27. The van der Waals surface area contributed by atoms with Crippen molar-refractivity contribution in [3.8, 4) is 0 Å². The Morgan fingerprint density at radius 2 is 1.89 bits per heavy atom. The van der Waals surface area contributed by atoms with E-state index in [-0.39, 0.29) is 11.5 Å². The predicted octanol–water partition coefficient (Wildman–Crippen LogP) is 3.87. The molecule has 0 amide bonds. The molecule has 0 aromatic heterocycles. The highest BCUT2D eigenvalue weighted by Crippen LogP contribution is 2.34. The fourth-order valence-electron chi connectivity index (χ4n) is 1.76. The highest BCUT2D eigenvalue weighted by molar-refractivity contribution is 9.10. The number of aliphatic hydroxyl groups is 1. The van der Waals surface area contributed by atoms with Crippen LogP contribution in [0.4, 0.5) is 13.2 Å². The summed E-state index contributed by atoms with van der Waals surface area (Å²) in [4.78, 5) is 0. The highest BCUT2D eigenvalue weighted by Gasteiger charge is 2.32. The van der Waals surface area contributed by atoms with Gasteiger partial charge >= 0.3 is 6.18 Å². The largest absolute Gasteiger partial charge is 0.416 e. The smallest absolute Gasteiger partial charge is 0.391 e. The van der Waals surface area contributed by atoms with Gasteiger partial charge in [-0.3, -0.25) is 0 Å². The molecule has 1 unspecified atom stereocenters. The lowest BCUT2D eigenvalue weighted by Crippen LogP contribution is -2.31. The Balaban J connectivity index is 3.10. The Hall–Kier alpha value is -0.590. The van der Waals surface area contributed by atoms with Crippen molar-refractivity contribution in [1.29, 1.82) is 0 Å². The highest BCUT2D eigenvalue weighted by atomic mass is 79.9. The van der Waals surface area contributed by atoms with E-state index in [0.717, 1.165) is 12.1 Å². The summed E-state index contributed by atoms with van der Waals surface area (Å²) in [5.41, 5.74) is 5.36. The number of halogens is 4. The molecule has 0 fully saturated rings. The third kappa shape index (κ3) is 4.19. The van der Waals surface area contributed by atoms with Crippen LogP contribution in [-0.4, -0.2) is 11.2 Å². The van der Waals surface area contributed by atoms with Crippen molar-refractivity contribution in [3.05, 3.63) is 33.8 Å². The zero-order valence-corrected chi connectivity index (χ0v) is 12.3. The van der Waals surface area contributed by atoms with Crippen molar-refractivity contribution in [2.75, 3.05) is 0 Å². The van der Waals surface area contributed by atoms with Crippen molar-refractivity contribution in [2.24, 2.45) is 11.7 Å². The number of hydrogen-bond donors (Lipinski definition) is 2. The average molecular weight is 340 g/mol. The van der Waals surface area contributed by atoms with Crippen molar-refractivity contribution >= 4 is 15.9 Å². The molecule has 6 heteroatoms. The van der Waals surface area contributed by atoms with Crippen LogP contribution in [0.5, 0.6) is 0 Å². The van der Waals surface area contributed by atoms with E-state index in [1.54, 1.807) is 0 Å². The minimum absolute atomic E-state index is 0.0803. The zero-order valence-electron chi connectivity index (χ0n) is 10.7. The lowest BCUT2D eigenvalue weighted by atomic mass is 9.91. The number of alkyl halides is 3. The fraction of sp³-hybridized carbons (Fsp3) is 0.538. The minimum Gasteiger partial charge on any atom is -0.391 e. The van der Waals surface area contributed by atoms with E-state index >= 15 is 0 Å². The van der Waals surface area contributed by atoms with Crippen LogP contribution < -0.4 is 5.73 Å². The number of benzene rings is 1. The third-order valence-electron chi connectivity index (χ3n) is 3.23. The summed E-state index contributed by atoms with van der Waals surface area (Å²) in [5.74, 6) is -0.0803. The molecule has 108 valence electrons. The van der Waals surface area contributed by atoms with Crippen LogP contribution >= 0.6 is 15.9 Å². The molecule has 0 aliphatic heterocycles. The van der Waals surface area contributed by atoms with Crippen LogP contribution in [0.3, 0.4) is 0 Å². The van der Waals surface area contributed by atoms with Gasteiger partial charge in [-0.15, -0.1) is 0 Å². The molecule has 1 aromatic rings. The van der Waals surface area contributed by atoms with E-state index in [1.807, 2.05) is 13.8 Å². The second-order valence-corrected chi connectivity index (χ2v) is 5.59. The molecule has 0 heterocycles. The third-order valence-corrected chi connectivity index (χ3v) is 3.69. The molecular weight excluding hydrogens is 323 g/mol. The van der Waals surface area contributed by atoms with Gasteiger partial charge in [0.2, 0.25) is 0 Å². The summed E-state index contributed by atoms with van der Waals surface area (Å²) >= 11 is 3.04. The Morgan fingerprint density at radius 1 is 1.32 bits per heavy atom. The Labute approximate surface area is 118 Å². The lowest BCUT2D eigenvalue weighted by Gasteiger charge is -2.25. The quantitative estimate of drug-likeness (QED) is 0.874. The van der Waals surface area contributed by atoms with Crippen LogP contribution in [0, 0.1) is 5.92 Å². The predicted molar refractivity (Wildman–Crippen MR) is 71.5 cm³/mol. The molecule has 0 saturated heterocycles. The van der Waals surface area contributed by atoms with E-state index in [1.165, 1.54) is 6.07 Å². The van der Waals surface area contributed by atoms with Gasteiger partial charge < -0.3 is 10.8 Å². The Kier molecular flexibility index (Phi) is 5.41. The SMILES string of the molecule is CCC(C)[C@H](O)[C@H](N)c1cc(Br)cc(C(F)(F)F)c1. The monoisotopic (exact) mass is 339 g/mol. The second kappa shape index (κ2) is 6.24. The molecule has 0 saturated carbocycles. The first-order chi connectivity index (χ1) is 8.66. The molecular formula is C13H17BrF3NO. The van der Waals surface area contributed by atoms with Crippen LogP contribution in [0.2, 0.25) is 0 Å². The van der Waals surface area contributed by atoms with E-state index in [0.29, 0.717) is 10.9 Å². The molecule has 0 spiro atoms. The summed E-state index contributed by atoms with van der Waals surface area (Å²) in [7, 11) is 0. The topological polar surface area (TPSA) is 46.2 Å². The van der Waals surface area contributed by atoms with Crippen LogP contribution in [0.15, 0.2) is 22.7 Å². The van der Waals surface area contributed by atoms with Gasteiger partial charge in [-0.25, -0.2) is 0 Å². The normalized spacial score (nSPS) is 17.1. The minimum atomic E-state index is -4.43. The van der Waals surface area contributed by atoms with Crippen molar-refractivity contribution < 1.29 is 18.3 Å². The first kappa shape index (κ1) is 16.5. The van der Waals surface area contributed by atoms with Crippen LogP contribution in [0.1, 0.15) is 37.4 Å². The van der Waals surface area contributed by atoms with Gasteiger partial charge in [0.25, 0.3) is 0 Å². The van der Waals surface area contributed by atoms with Crippen LogP contribution in [-0.2, 0) is 6.18 Å². The molecule has 0 aliphatic rings. The van der Waals surface area contributed by atoms with Gasteiger partial charge in [-0.05, 0) is 29.7 Å². The maximum atomic E-state index is 12.7. The summed E-state index contributed by atoms with van der Waals surface area (Å²) in [5, 5.41) is 10.0. The molecule has 1 aromatic carbocycles. The molecule has 2 nitrogen and oxygen atoms in total. The van der Waals surface area contributed by atoms with Crippen molar-refractivity contribution in [2.45, 2.75) is 38.6 Å². The van der Waals surface area contributed by atoms with Crippen LogP contribution in [0.25, 0.3) is 0 Å². The van der Waals surface area contributed by atoms with E-state index in [2.05, 4.69) is 15.9 Å². The van der Waals surface area contributed by atoms with Crippen molar-refractivity contribution in [3.63, 3.8) is 0 Å². The zero-order chi connectivity index (χ0) is 14.8. The molecule has 19 heavy (non-hydrogen) atoms. The average Bonchev–Trinajstić information content (AvgIpc) is 2.34. The summed E-state index contributed by atoms with van der Waals surface area (Å²) in [6, 6.07) is 2.65. The van der Waals surface area contributed by atoms with Gasteiger partial charge in [0, 0.05) is 4.47 Å². The molecule has 0 bridgehead atoms. The molecule has 0 radical (unpaired) electrons. The number of hydrogen-bond acceptors (Lipinski definition) is 2. The summed E-state index contributed by atoms with van der Waals surface area (Å²) < 4.78 is 38.4. The summed E-state index contributed by atoms with van der Waals surface area (Å²) in [6.07, 6.45) is -4.60. The molecule has 1 rings (SSSR count). The maximum Gasteiger partial charge on any atom is 0.416 e. The van der Waals surface area contributed by atoms with Gasteiger partial charge in [-0.1, -0.05) is 36.2 Å². The molecule has 3 N–H and O–H groups in total. The molecule has 3 atom stereocenters.